The lowest BCUT2D eigenvalue weighted by Gasteiger charge is -2.34. The molecule has 4 rings (SSSR count). The van der Waals surface area contributed by atoms with Gasteiger partial charge >= 0.3 is 0 Å². The molecule has 0 atom stereocenters. The van der Waals surface area contributed by atoms with Gasteiger partial charge in [-0.15, -0.1) is 0 Å². The molecule has 0 bridgehead atoms. The lowest BCUT2D eigenvalue weighted by Crippen LogP contribution is -2.50. The molecule has 1 aromatic carbocycles. The van der Waals surface area contributed by atoms with Gasteiger partial charge in [-0.25, -0.2) is 8.42 Å². The molecule has 2 aromatic heterocycles. The summed E-state index contributed by atoms with van der Waals surface area (Å²) in [5, 5.41) is 20.5. The van der Waals surface area contributed by atoms with Crippen molar-refractivity contribution in [2.45, 2.75) is 11.8 Å². The average molecular weight is 469 g/mol. The predicted molar refractivity (Wildman–Crippen MR) is 115 cm³/mol. The zero-order valence-corrected chi connectivity index (χ0v) is 18.4. The summed E-state index contributed by atoms with van der Waals surface area (Å²) in [4.78, 5) is 24.8. The van der Waals surface area contributed by atoms with Crippen molar-refractivity contribution in [1.82, 2.24) is 13.8 Å². The molecule has 0 aliphatic carbocycles. The van der Waals surface area contributed by atoms with E-state index in [2.05, 4.69) is 0 Å². The third-order valence-electron chi connectivity index (χ3n) is 5.44. The number of rotatable bonds is 5. The predicted octanol–water partition coefficient (Wildman–Crippen LogP) is 2.31. The molecule has 0 N–H and O–H groups in total. The number of benzene rings is 1. The van der Waals surface area contributed by atoms with Gasteiger partial charge in [0.25, 0.3) is 11.6 Å². The first-order valence-electron chi connectivity index (χ1n) is 9.94. The Morgan fingerprint density at radius 1 is 1.12 bits per heavy atom. The normalized spacial score (nSPS) is 14.7. The maximum absolute atomic E-state index is 13.2. The second-order valence-electron chi connectivity index (χ2n) is 7.36. The van der Waals surface area contributed by atoms with E-state index in [1.165, 1.54) is 21.3 Å². The Bertz CT molecular complexity index is 1350. The molecule has 33 heavy (non-hydrogen) atoms. The molecule has 0 spiro atoms. The van der Waals surface area contributed by atoms with Gasteiger partial charge < -0.3 is 9.32 Å². The van der Waals surface area contributed by atoms with Crippen LogP contribution in [0, 0.1) is 28.4 Å². The van der Waals surface area contributed by atoms with Crippen molar-refractivity contribution in [3.63, 3.8) is 0 Å². The quantitative estimate of drug-likeness (QED) is 0.412. The van der Waals surface area contributed by atoms with Gasteiger partial charge in [0, 0.05) is 50.7 Å². The van der Waals surface area contributed by atoms with E-state index in [1.807, 2.05) is 6.07 Å². The number of sulfonamides is 1. The van der Waals surface area contributed by atoms with Crippen LogP contribution in [0.25, 0.3) is 5.88 Å². The number of nitriles is 1. The number of nitro groups is 1. The van der Waals surface area contributed by atoms with Crippen molar-refractivity contribution in [2.24, 2.45) is 0 Å². The van der Waals surface area contributed by atoms with Crippen LogP contribution in [0.4, 0.5) is 5.69 Å². The van der Waals surface area contributed by atoms with Crippen LogP contribution in [0.1, 0.15) is 21.7 Å². The summed E-state index contributed by atoms with van der Waals surface area (Å²) in [5.74, 6) is 0.155. The Morgan fingerprint density at radius 3 is 2.27 bits per heavy atom. The van der Waals surface area contributed by atoms with Gasteiger partial charge in [0.1, 0.15) is 23.0 Å². The summed E-state index contributed by atoms with van der Waals surface area (Å²) in [6.45, 7) is 1.96. The minimum absolute atomic E-state index is 0.0499. The van der Waals surface area contributed by atoms with Crippen LogP contribution >= 0.6 is 0 Å². The van der Waals surface area contributed by atoms with E-state index in [-0.39, 0.29) is 53.8 Å². The molecule has 0 radical (unpaired) electrons. The van der Waals surface area contributed by atoms with Crippen LogP contribution in [-0.2, 0) is 10.0 Å². The molecule has 1 aliphatic rings. The number of nitro benzene ring substituents is 1. The molecule has 0 unspecified atom stereocenters. The Labute approximate surface area is 189 Å². The Kier molecular flexibility index (Phi) is 5.75. The summed E-state index contributed by atoms with van der Waals surface area (Å²) in [5.41, 5.74) is 0.0786. The monoisotopic (exact) mass is 469 g/mol. The molecule has 1 amide bonds. The van der Waals surface area contributed by atoms with Crippen LogP contribution in [0.15, 0.2) is 58.1 Å². The Balaban J connectivity index is 1.51. The fourth-order valence-corrected chi connectivity index (χ4v) is 5.14. The van der Waals surface area contributed by atoms with E-state index in [4.69, 9.17) is 4.42 Å². The average Bonchev–Trinajstić information content (AvgIpc) is 3.46. The fraction of sp³-hybridized carbons (Fsp3) is 0.238. The van der Waals surface area contributed by atoms with Gasteiger partial charge in [0.2, 0.25) is 15.9 Å². The molecule has 1 fully saturated rings. The number of furan rings is 1. The lowest BCUT2D eigenvalue weighted by molar-refractivity contribution is -0.384. The molecule has 0 saturated carbocycles. The van der Waals surface area contributed by atoms with Crippen molar-refractivity contribution in [3.05, 3.63) is 75.8 Å². The van der Waals surface area contributed by atoms with Gasteiger partial charge in [-0.1, -0.05) is 0 Å². The number of nitrogens with zero attached hydrogens (tertiary/aromatic N) is 5. The smallest absolute Gasteiger partial charge is 0.269 e. The lowest BCUT2D eigenvalue weighted by atomic mass is 10.1. The molecule has 11 nitrogen and oxygen atoms in total. The van der Waals surface area contributed by atoms with Crippen LogP contribution in [0.3, 0.4) is 0 Å². The van der Waals surface area contributed by atoms with E-state index in [1.54, 1.807) is 36.0 Å². The number of aryl methyl sites for hydroxylation is 1. The topological polar surface area (TPSA) is 143 Å². The Morgan fingerprint density at radius 2 is 1.73 bits per heavy atom. The Hall–Kier alpha value is -3.95. The second kappa shape index (κ2) is 8.53. The third kappa shape index (κ3) is 3.99. The molecule has 1 aliphatic heterocycles. The zero-order chi connectivity index (χ0) is 23.8. The van der Waals surface area contributed by atoms with Crippen molar-refractivity contribution in [3.8, 4) is 12.0 Å². The second-order valence-corrected chi connectivity index (χ2v) is 9.30. The van der Waals surface area contributed by atoms with Crippen molar-refractivity contribution < 1.29 is 22.6 Å². The van der Waals surface area contributed by atoms with E-state index in [0.29, 0.717) is 5.76 Å². The van der Waals surface area contributed by atoms with Crippen molar-refractivity contribution in [1.29, 1.82) is 5.26 Å². The maximum atomic E-state index is 13.2. The SMILES string of the molecule is Cc1oc(-n2cccc2)c(C#N)c1C(=O)N1CCN(S(=O)(=O)c2ccc([N+](=O)[O-])cc2)CC1. The van der Waals surface area contributed by atoms with Gasteiger partial charge in [0.05, 0.1) is 9.82 Å². The third-order valence-corrected chi connectivity index (χ3v) is 7.35. The number of hydrogen-bond acceptors (Lipinski definition) is 7. The molecular weight excluding hydrogens is 450 g/mol. The van der Waals surface area contributed by atoms with Gasteiger partial charge in [-0.3, -0.25) is 19.5 Å². The summed E-state index contributed by atoms with van der Waals surface area (Å²) in [6.07, 6.45) is 3.41. The number of hydrogen-bond donors (Lipinski definition) is 0. The highest BCUT2D eigenvalue weighted by Crippen LogP contribution is 2.28. The molecule has 1 saturated heterocycles. The van der Waals surface area contributed by atoms with Crippen molar-refractivity contribution in [2.75, 3.05) is 26.2 Å². The highest BCUT2D eigenvalue weighted by molar-refractivity contribution is 7.89. The number of aromatic nitrogens is 1. The highest BCUT2D eigenvalue weighted by Gasteiger charge is 2.33. The van der Waals surface area contributed by atoms with Crippen LogP contribution in [0.2, 0.25) is 0 Å². The molecule has 170 valence electrons. The number of carbonyl (C=O) groups is 1. The molecule has 12 heteroatoms. The summed E-state index contributed by atoms with van der Waals surface area (Å²) in [6, 6.07) is 10.3. The molecular formula is C21H19N5O6S. The van der Waals surface area contributed by atoms with Crippen LogP contribution < -0.4 is 0 Å². The standard InChI is InChI=1S/C21H19N5O6S/c1-15-19(18(14-22)21(32-15)24-8-2-3-9-24)20(27)23-10-12-25(13-11-23)33(30,31)17-6-4-16(5-7-17)26(28)29/h2-9H,10-13H2,1H3. The van der Waals surface area contributed by atoms with E-state index >= 15 is 0 Å². The van der Waals surface area contributed by atoms with Crippen LogP contribution in [-0.4, -0.2) is 59.2 Å². The summed E-state index contributed by atoms with van der Waals surface area (Å²) in [7, 11) is -3.87. The van der Waals surface area contributed by atoms with Gasteiger partial charge in [-0.05, 0) is 31.2 Å². The first-order valence-corrected chi connectivity index (χ1v) is 11.4. The van der Waals surface area contributed by atoms with E-state index in [9.17, 15) is 28.6 Å². The summed E-state index contributed by atoms with van der Waals surface area (Å²) < 4.78 is 34.3. The summed E-state index contributed by atoms with van der Waals surface area (Å²) >= 11 is 0. The molecule has 3 aromatic rings. The number of non-ortho nitro benzene ring substituents is 1. The van der Waals surface area contributed by atoms with Gasteiger partial charge in [0.15, 0.2) is 0 Å². The maximum Gasteiger partial charge on any atom is 0.269 e. The molecule has 3 heterocycles. The highest BCUT2D eigenvalue weighted by atomic mass is 32.2. The number of piperazine rings is 1. The number of carbonyl (C=O) groups excluding carboxylic acids is 1. The zero-order valence-electron chi connectivity index (χ0n) is 17.5. The van der Waals surface area contributed by atoms with Crippen LogP contribution in [0.5, 0.6) is 0 Å². The fourth-order valence-electron chi connectivity index (χ4n) is 3.72. The van der Waals surface area contributed by atoms with Gasteiger partial charge in [-0.2, -0.15) is 9.57 Å². The number of amides is 1. The first kappa shape index (κ1) is 22.3. The minimum atomic E-state index is -3.87. The van der Waals surface area contributed by atoms with Crippen molar-refractivity contribution >= 4 is 21.6 Å². The van der Waals surface area contributed by atoms with E-state index < -0.39 is 20.9 Å². The first-order chi connectivity index (χ1) is 15.7. The largest absolute Gasteiger partial charge is 0.443 e. The minimum Gasteiger partial charge on any atom is -0.443 e. The van der Waals surface area contributed by atoms with E-state index in [0.717, 1.165) is 12.1 Å².